The van der Waals surface area contributed by atoms with Crippen LogP contribution in [0.4, 0.5) is 5.13 Å². The molecule has 0 fully saturated rings. The Kier molecular flexibility index (Phi) is 9.20. The molecule has 0 saturated heterocycles. The van der Waals surface area contributed by atoms with Gasteiger partial charge in [0.25, 0.3) is 0 Å². The van der Waals surface area contributed by atoms with Gasteiger partial charge in [-0.25, -0.2) is 5.43 Å². The number of carbonyl (C=O) groups excluding carboxylic acids is 1. The number of amides is 1. The van der Waals surface area contributed by atoms with Gasteiger partial charge in [0, 0.05) is 10.0 Å². The number of hydrogen-bond acceptors (Lipinski definition) is 8. The van der Waals surface area contributed by atoms with E-state index in [-0.39, 0.29) is 12.3 Å². The van der Waals surface area contributed by atoms with E-state index >= 15 is 0 Å². The van der Waals surface area contributed by atoms with E-state index in [9.17, 15) is 4.79 Å². The second kappa shape index (κ2) is 12.3. The molecule has 0 spiro atoms. The number of hydrazone groups is 1. The topological polar surface area (TPSA) is 112 Å². The quantitative estimate of drug-likeness (QED) is 0.213. The number of carbonyl (C=O) groups is 1. The summed E-state index contributed by atoms with van der Waals surface area (Å²) in [6, 6.07) is 13.7. The average Bonchev–Trinajstić information content (AvgIpc) is 3.22. The monoisotopic (exact) mass is 531 g/mol. The number of anilines is 1. The predicted octanol–water partition coefficient (Wildman–Crippen LogP) is 4.55. The van der Waals surface area contributed by atoms with Crippen molar-refractivity contribution in [2.45, 2.75) is 32.6 Å². The molecule has 3 aromatic rings. The highest BCUT2D eigenvalue weighted by molar-refractivity contribution is 9.10. The Morgan fingerprint density at radius 2 is 1.97 bits per heavy atom. The van der Waals surface area contributed by atoms with Gasteiger partial charge >= 0.3 is 0 Å². The van der Waals surface area contributed by atoms with E-state index in [1.165, 1.54) is 23.1 Å². The summed E-state index contributed by atoms with van der Waals surface area (Å²) in [5.41, 5.74) is 10.0. The van der Waals surface area contributed by atoms with E-state index in [2.05, 4.69) is 62.6 Å². The fourth-order valence-corrected chi connectivity index (χ4v) is 3.87. The summed E-state index contributed by atoms with van der Waals surface area (Å²) in [5, 5.41) is 12.4. The van der Waals surface area contributed by atoms with Crippen LogP contribution in [-0.4, -0.2) is 35.5 Å². The molecule has 1 amide bonds. The molecule has 1 aromatic heterocycles. The summed E-state index contributed by atoms with van der Waals surface area (Å²) in [4.78, 5) is 12.0. The fourth-order valence-electron chi connectivity index (χ4n) is 2.88. The van der Waals surface area contributed by atoms with Crippen molar-refractivity contribution in [3.05, 3.63) is 63.1 Å². The lowest BCUT2D eigenvalue weighted by molar-refractivity contribution is -0.120. The van der Waals surface area contributed by atoms with Crippen LogP contribution in [0.15, 0.2) is 52.0 Å². The van der Waals surface area contributed by atoms with Gasteiger partial charge in [0.1, 0.15) is 29.7 Å². The molecular formula is C23H26BrN5O3S. The lowest BCUT2D eigenvalue weighted by Crippen LogP contribution is -2.19. The summed E-state index contributed by atoms with van der Waals surface area (Å²) in [6.45, 7) is 5.15. The van der Waals surface area contributed by atoms with Gasteiger partial charge in [0.05, 0.1) is 12.6 Å². The summed E-state index contributed by atoms with van der Waals surface area (Å²) >= 11 is 4.61. The van der Waals surface area contributed by atoms with E-state index < -0.39 is 0 Å². The lowest BCUT2D eigenvalue weighted by Gasteiger charge is -2.12. The third-order valence-electron chi connectivity index (χ3n) is 4.83. The van der Waals surface area contributed by atoms with Gasteiger partial charge in [0.2, 0.25) is 11.0 Å². The normalized spacial score (nSPS) is 12.0. The molecule has 33 heavy (non-hydrogen) atoms. The summed E-state index contributed by atoms with van der Waals surface area (Å²) in [7, 11) is 0. The van der Waals surface area contributed by atoms with Crippen molar-refractivity contribution in [1.29, 1.82) is 0 Å². The molecule has 10 heteroatoms. The molecule has 0 radical (unpaired) electrons. The van der Waals surface area contributed by atoms with Crippen molar-refractivity contribution < 1.29 is 14.3 Å². The van der Waals surface area contributed by atoms with Crippen molar-refractivity contribution in [1.82, 2.24) is 15.6 Å². The Morgan fingerprint density at radius 3 is 2.67 bits per heavy atom. The Morgan fingerprint density at radius 1 is 1.21 bits per heavy atom. The largest absolute Gasteiger partial charge is 0.490 e. The van der Waals surface area contributed by atoms with Crippen LogP contribution in [0.25, 0.3) is 0 Å². The Balaban J connectivity index is 1.49. The number of aromatic nitrogens is 2. The average molecular weight is 532 g/mol. The molecule has 8 nitrogen and oxygen atoms in total. The molecule has 0 unspecified atom stereocenters. The van der Waals surface area contributed by atoms with E-state index in [0.29, 0.717) is 40.6 Å². The number of nitrogen functional groups attached to an aromatic ring is 1. The number of halogens is 1. The van der Waals surface area contributed by atoms with Crippen LogP contribution in [0.3, 0.4) is 0 Å². The zero-order valence-electron chi connectivity index (χ0n) is 18.5. The lowest BCUT2D eigenvalue weighted by atomic mass is 9.99. The first-order chi connectivity index (χ1) is 15.9. The predicted molar refractivity (Wildman–Crippen MR) is 134 cm³/mol. The molecule has 2 aromatic carbocycles. The minimum Gasteiger partial charge on any atom is -0.490 e. The van der Waals surface area contributed by atoms with Gasteiger partial charge in [-0.2, -0.15) is 5.10 Å². The van der Waals surface area contributed by atoms with Crippen molar-refractivity contribution in [2.75, 3.05) is 18.9 Å². The zero-order chi connectivity index (χ0) is 23.6. The van der Waals surface area contributed by atoms with Gasteiger partial charge in [-0.1, -0.05) is 53.2 Å². The van der Waals surface area contributed by atoms with E-state index in [4.69, 9.17) is 15.2 Å². The SMILES string of the molecule is CC[C@@H](C)c1ccc(OCCOc2ccc(Br)cc2/C=N\NC(=O)Cc2nnc(N)s2)cc1. The van der Waals surface area contributed by atoms with E-state index in [1.807, 2.05) is 30.3 Å². The standard InChI is InChI=1S/C23H26BrN5O3S/c1-3-15(2)16-4-7-19(8-5-16)31-10-11-32-20-9-6-18(24)12-17(20)14-26-27-21(30)13-22-28-29-23(25)33-22/h4-9,12,14-15H,3,10-11,13H2,1-2H3,(H2,25,29)(H,27,30)/b26-14-/t15-/m1/s1. The highest BCUT2D eigenvalue weighted by atomic mass is 79.9. The van der Waals surface area contributed by atoms with Gasteiger partial charge in [-0.05, 0) is 48.2 Å². The number of benzene rings is 2. The minimum absolute atomic E-state index is 0.0592. The van der Waals surface area contributed by atoms with Crippen molar-refractivity contribution >= 4 is 44.5 Å². The third kappa shape index (κ3) is 7.83. The van der Waals surface area contributed by atoms with Crippen LogP contribution in [0, 0.1) is 0 Å². The van der Waals surface area contributed by atoms with Crippen LogP contribution in [0.1, 0.15) is 42.3 Å². The molecule has 1 heterocycles. The third-order valence-corrected chi connectivity index (χ3v) is 6.08. The molecule has 0 saturated carbocycles. The second-order valence-electron chi connectivity index (χ2n) is 7.26. The molecule has 0 aliphatic heterocycles. The Hall–Kier alpha value is -2.98. The minimum atomic E-state index is -0.312. The maximum atomic E-state index is 12.0. The molecule has 0 aliphatic carbocycles. The number of ether oxygens (including phenoxy) is 2. The summed E-state index contributed by atoms with van der Waals surface area (Å²) in [6.07, 6.45) is 2.69. The summed E-state index contributed by atoms with van der Waals surface area (Å²) < 4.78 is 12.5. The van der Waals surface area contributed by atoms with Crippen LogP contribution >= 0.6 is 27.3 Å². The fraction of sp³-hybridized carbons (Fsp3) is 0.304. The van der Waals surface area contributed by atoms with Gasteiger partial charge in [0.15, 0.2) is 0 Å². The van der Waals surface area contributed by atoms with E-state index in [1.54, 1.807) is 0 Å². The van der Waals surface area contributed by atoms with E-state index in [0.717, 1.165) is 16.6 Å². The van der Waals surface area contributed by atoms with Gasteiger partial charge in [-0.15, -0.1) is 10.2 Å². The number of nitrogens with two attached hydrogens (primary N) is 1. The molecule has 0 bridgehead atoms. The molecule has 3 rings (SSSR count). The first-order valence-corrected chi connectivity index (χ1v) is 12.1. The maximum absolute atomic E-state index is 12.0. The number of hydrogen-bond donors (Lipinski definition) is 2. The van der Waals surface area contributed by atoms with Crippen molar-refractivity contribution in [2.24, 2.45) is 5.10 Å². The molecule has 1 atom stereocenters. The number of rotatable bonds is 11. The Labute approximate surface area is 205 Å². The van der Waals surface area contributed by atoms with Gasteiger partial charge < -0.3 is 15.2 Å². The maximum Gasteiger partial charge on any atom is 0.247 e. The first-order valence-electron chi connectivity index (χ1n) is 10.5. The number of nitrogens with zero attached hydrogens (tertiary/aromatic N) is 3. The molecule has 3 N–H and O–H groups in total. The molecule has 0 aliphatic rings. The first kappa shape index (κ1) is 24.7. The molecule has 174 valence electrons. The van der Waals surface area contributed by atoms with Crippen LogP contribution in [-0.2, 0) is 11.2 Å². The highest BCUT2D eigenvalue weighted by Crippen LogP contribution is 2.23. The van der Waals surface area contributed by atoms with Crippen LogP contribution < -0.4 is 20.6 Å². The van der Waals surface area contributed by atoms with Crippen LogP contribution in [0.5, 0.6) is 11.5 Å². The number of nitrogens with one attached hydrogen (secondary N) is 1. The van der Waals surface area contributed by atoms with Crippen molar-refractivity contribution in [3.8, 4) is 11.5 Å². The van der Waals surface area contributed by atoms with Crippen molar-refractivity contribution in [3.63, 3.8) is 0 Å². The second-order valence-corrected chi connectivity index (χ2v) is 9.27. The zero-order valence-corrected chi connectivity index (χ0v) is 20.9. The Bertz CT molecular complexity index is 1090. The molecular weight excluding hydrogens is 506 g/mol. The summed E-state index contributed by atoms with van der Waals surface area (Å²) in [5.74, 6) is 1.66. The van der Waals surface area contributed by atoms with Gasteiger partial charge in [-0.3, -0.25) is 4.79 Å². The van der Waals surface area contributed by atoms with Crippen LogP contribution in [0.2, 0.25) is 0 Å². The highest BCUT2D eigenvalue weighted by Gasteiger charge is 2.08. The smallest absolute Gasteiger partial charge is 0.247 e.